The van der Waals surface area contributed by atoms with E-state index in [4.69, 9.17) is 27.9 Å². The molecule has 3 aromatic rings. The Kier molecular flexibility index (Phi) is 8.40. The van der Waals surface area contributed by atoms with Crippen molar-refractivity contribution in [1.82, 2.24) is 0 Å². The maximum absolute atomic E-state index is 12.8. The summed E-state index contributed by atoms with van der Waals surface area (Å²) in [5.74, 6) is -0.282. The Morgan fingerprint density at radius 1 is 0.944 bits per heavy atom. The van der Waals surface area contributed by atoms with Crippen LogP contribution in [0.4, 0.5) is 17.1 Å². The molecule has 9 nitrogen and oxygen atoms in total. The second kappa shape index (κ2) is 11.0. The zero-order chi connectivity index (χ0) is 26.7. The molecule has 0 heterocycles. The number of anilines is 3. The fraction of sp³-hybridized carbons (Fsp3) is 0.174. The van der Waals surface area contributed by atoms with Crippen LogP contribution in [0.15, 0.2) is 65.6 Å². The first-order valence-electron chi connectivity index (χ1n) is 10.3. The van der Waals surface area contributed by atoms with Gasteiger partial charge in [-0.2, -0.15) is 0 Å². The summed E-state index contributed by atoms with van der Waals surface area (Å²) in [6.07, 6.45) is 0.957. The fourth-order valence-corrected chi connectivity index (χ4v) is 5.40. The van der Waals surface area contributed by atoms with Gasteiger partial charge in [-0.15, -0.1) is 0 Å². The van der Waals surface area contributed by atoms with E-state index in [0.29, 0.717) is 5.75 Å². The van der Waals surface area contributed by atoms with Crippen molar-refractivity contribution in [2.45, 2.75) is 11.8 Å². The highest BCUT2D eigenvalue weighted by Crippen LogP contribution is 2.29. The molecule has 0 bridgehead atoms. The third-order valence-corrected chi connectivity index (χ3v) is 8.19. The molecule has 3 aromatic carbocycles. The standard InChI is InChI=1S/C23H23Cl2N3O6S2/c1-15-4-11-22(34-2)21(12-15)27-36(32,33)18-8-5-16(6-9-18)26-23(29)14-28(35(3,30)31)17-7-10-19(24)20(25)13-17/h4-13,27H,14H2,1-3H3,(H,26,29). The van der Waals surface area contributed by atoms with E-state index in [9.17, 15) is 21.6 Å². The molecule has 0 aliphatic rings. The predicted octanol–water partition coefficient (Wildman–Crippen LogP) is 4.52. The average Bonchev–Trinajstić information content (AvgIpc) is 2.79. The first-order valence-corrected chi connectivity index (χ1v) is 14.4. The summed E-state index contributed by atoms with van der Waals surface area (Å²) in [7, 11) is -6.33. The van der Waals surface area contributed by atoms with Gasteiger partial charge in [0.05, 0.1) is 39.7 Å². The molecule has 0 saturated heterocycles. The molecule has 0 spiro atoms. The topological polar surface area (TPSA) is 122 Å². The van der Waals surface area contributed by atoms with E-state index < -0.39 is 32.5 Å². The number of amides is 1. The van der Waals surface area contributed by atoms with Gasteiger partial charge in [-0.3, -0.25) is 13.8 Å². The second-order valence-corrected chi connectivity index (χ2v) is 12.2. The second-order valence-electron chi connectivity index (χ2n) is 7.75. The van der Waals surface area contributed by atoms with Crippen molar-refractivity contribution >= 4 is 66.2 Å². The van der Waals surface area contributed by atoms with Crippen LogP contribution in [-0.2, 0) is 24.8 Å². The van der Waals surface area contributed by atoms with Gasteiger partial charge in [0.25, 0.3) is 10.0 Å². The number of nitrogens with zero attached hydrogens (tertiary/aromatic N) is 1. The number of sulfonamides is 2. The van der Waals surface area contributed by atoms with Crippen molar-refractivity contribution in [2.24, 2.45) is 0 Å². The molecule has 2 N–H and O–H groups in total. The lowest BCUT2D eigenvalue weighted by Gasteiger charge is -2.22. The molecule has 0 aliphatic carbocycles. The molecule has 0 aromatic heterocycles. The van der Waals surface area contributed by atoms with Crippen molar-refractivity contribution in [3.05, 3.63) is 76.3 Å². The van der Waals surface area contributed by atoms with Gasteiger partial charge in [0.1, 0.15) is 12.3 Å². The van der Waals surface area contributed by atoms with E-state index in [-0.39, 0.29) is 32.0 Å². The van der Waals surface area contributed by atoms with Crippen LogP contribution in [0.1, 0.15) is 5.56 Å². The molecule has 0 aliphatic heterocycles. The van der Waals surface area contributed by atoms with Crippen molar-refractivity contribution in [3.8, 4) is 5.75 Å². The normalized spacial score (nSPS) is 11.6. The van der Waals surface area contributed by atoms with Gasteiger partial charge in [-0.05, 0) is 67.1 Å². The van der Waals surface area contributed by atoms with Crippen molar-refractivity contribution < 1.29 is 26.4 Å². The number of hydrogen-bond donors (Lipinski definition) is 2. The third-order valence-electron chi connectivity index (χ3n) is 4.93. The average molecular weight is 572 g/mol. The largest absolute Gasteiger partial charge is 0.495 e. The Morgan fingerprint density at radius 3 is 2.19 bits per heavy atom. The van der Waals surface area contributed by atoms with Crippen molar-refractivity contribution in [2.75, 3.05) is 34.3 Å². The minimum atomic E-state index is -3.94. The van der Waals surface area contributed by atoms with Gasteiger partial charge >= 0.3 is 0 Å². The number of hydrogen-bond acceptors (Lipinski definition) is 6. The Labute approximate surface area is 220 Å². The van der Waals surface area contributed by atoms with Crippen molar-refractivity contribution in [3.63, 3.8) is 0 Å². The van der Waals surface area contributed by atoms with Crippen LogP contribution in [0.3, 0.4) is 0 Å². The first kappa shape index (κ1) is 27.6. The van der Waals surface area contributed by atoms with Crippen LogP contribution in [0.2, 0.25) is 10.0 Å². The highest BCUT2D eigenvalue weighted by molar-refractivity contribution is 7.92. The lowest BCUT2D eigenvalue weighted by Crippen LogP contribution is -2.37. The van der Waals surface area contributed by atoms with Gasteiger partial charge in [0.15, 0.2) is 0 Å². The summed E-state index contributed by atoms with van der Waals surface area (Å²) >= 11 is 11.9. The van der Waals surface area contributed by atoms with Gasteiger partial charge < -0.3 is 10.1 Å². The molecule has 1 amide bonds. The lowest BCUT2D eigenvalue weighted by atomic mass is 10.2. The summed E-state index contributed by atoms with van der Waals surface area (Å²) in [4.78, 5) is 12.6. The summed E-state index contributed by atoms with van der Waals surface area (Å²) in [6, 6.07) is 14.7. The number of carbonyl (C=O) groups is 1. The van der Waals surface area contributed by atoms with Crippen LogP contribution < -0.4 is 19.1 Å². The number of ether oxygens (including phenoxy) is 1. The molecule has 0 atom stereocenters. The SMILES string of the molecule is COc1ccc(C)cc1NS(=O)(=O)c1ccc(NC(=O)CN(c2ccc(Cl)c(Cl)c2)S(C)(=O)=O)cc1. The Morgan fingerprint density at radius 2 is 1.61 bits per heavy atom. The lowest BCUT2D eigenvalue weighted by molar-refractivity contribution is -0.114. The number of nitrogens with one attached hydrogen (secondary N) is 2. The predicted molar refractivity (Wildman–Crippen MR) is 142 cm³/mol. The summed E-state index contributed by atoms with van der Waals surface area (Å²) in [5.41, 5.74) is 1.57. The van der Waals surface area contributed by atoms with Crippen LogP contribution in [-0.4, -0.2) is 42.7 Å². The highest BCUT2D eigenvalue weighted by atomic mass is 35.5. The molecule has 0 unspecified atom stereocenters. The van der Waals surface area contributed by atoms with Gasteiger partial charge in [0, 0.05) is 5.69 Å². The van der Waals surface area contributed by atoms with Crippen LogP contribution in [0.25, 0.3) is 0 Å². The van der Waals surface area contributed by atoms with E-state index in [0.717, 1.165) is 16.1 Å². The van der Waals surface area contributed by atoms with Gasteiger partial charge in [-0.1, -0.05) is 29.3 Å². The monoisotopic (exact) mass is 571 g/mol. The third kappa shape index (κ3) is 6.82. The smallest absolute Gasteiger partial charge is 0.262 e. The Bertz CT molecular complexity index is 1490. The number of aryl methyl sites for hydroxylation is 1. The molecular weight excluding hydrogens is 549 g/mol. The van der Waals surface area contributed by atoms with Crippen LogP contribution in [0.5, 0.6) is 5.75 Å². The van der Waals surface area contributed by atoms with Gasteiger partial charge in [0.2, 0.25) is 15.9 Å². The van der Waals surface area contributed by atoms with Crippen LogP contribution >= 0.6 is 23.2 Å². The quantitative estimate of drug-likeness (QED) is 0.389. The van der Waals surface area contributed by atoms with Crippen LogP contribution in [0, 0.1) is 6.92 Å². The van der Waals surface area contributed by atoms with E-state index in [1.807, 2.05) is 6.92 Å². The van der Waals surface area contributed by atoms with E-state index in [1.165, 1.54) is 49.6 Å². The zero-order valence-electron chi connectivity index (χ0n) is 19.4. The maximum Gasteiger partial charge on any atom is 0.262 e. The molecule has 13 heteroatoms. The fourth-order valence-electron chi connectivity index (χ4n) is 3.19. The Hall–Kier alpha value is -2.99. The summed E-state index contributed by atoms with van der Waals surface area (Å²) in [6.45, 7) is 1.28. The van der Waals surface area contributed by atoms with E-state index in [1.54, 1.807) is 18.2 Å². The molecule has 0 saturated carbocycles. The number of rotatable bonds is 9. The molecule has 36 heavy (non-hydrogen) atoms. The zero-order valence-corrected chi connectivity index (χ0v) is 22.6. The highest BCUT2D eigenvalue weighted by Gasteiger charge is 2.22. The number of benzene rings is 3. The number of methoxy groups -OCH3 is 1. The first-order chi connectivity index (χ1) is 16.8. The molecular formula is C23H23Cl2N3O6S2. The maximum atomic E-state index is 12.8. The number of halogens is 2. The Balaban J connectivity index is 1.75. The molecule has 192 valence electrons. The van der Waals surface area contributed by atoms with E-state index in [2.05, 4.69) is 10.0 Å². The summed E-state index contributed by atoms with van der Waals surface area (Å²) in [5, 5.41) is 2.93. The van der Waals surface area contributed by atoms with Crippen molar-refractivity contribution in [1.29, 1.82) is 0 Å². The number of carbonyl (C=O) groups excluding carboxylic acids is 1. The summed E-state index contributed by atoms with van der Waals surface area (Å²) < 4.78 is 58.8. The van der Waals surface area contributed by atoms with Gasteiger partial charge in [-0.25, -0.2) is 16.8 Å². The minimum absolute atomic E-state index is 0.0439. The molecule has 0 radical (unpaired) electrons. The molecule has 3 rings (SSSR count). The molecule has 0 fully saturated rings. The van der Waals surface area contributed by atoms with E-state index >= 15 is 0 Å². The minimum Gasteiger partial charge on any atom is -0.495 e.